The van der Waals surface area contributed by atoms with Crippen molar-refractivity contribution in [3.05, 3.63) is 58.7 Å². The molecule has 1 heterocycles. The molecule has 2 atom stereocenters. The third kappa shape index (κ3) is 6.28. The van der Waals surface area contributed by atoms with Crippen LogP contribution in [0.15, 0.2) is 36.4 Å². The molecule has 1 aliphatic heterocycles. The topological polar surface area (TPSA) is 84.9 Å². The molecule has 1 aliphatic rings. The Hall–Kier alpha value is -2.00. The molecule has 0 N–H and O–H groups in total. The Morgan fingerprint density at radius 1 is 1.17 bits per heavy atom. The molecule has 0 saturated carbocycles. The average Bonchev–Trinajstić information content (AvgIpc) is 2.93. The van der Waals surface area contributed by atoms with E-state index in [0.29, 0.717) is 49.1 Å². The van der Waals surface area contributed by atoms with E-state index in [2.05, 4.69) is 0 Å². The molecule has 8 heteroatoms. The molecule has 2 unspecified atom stereocenters. The number of aryl methyl sites for hydroxylation is 2. The third-order valence-electron chi connectivity index (χ3n) is 7.55. The number of ether oxygens (including phenoxy) is 2. The van der Waals surface area contributed by atoms with Gasteiger partial charge in [-0.1, -0.05) is 53.9 Å². The molecule has 2 aromatic rings. The largest absolute Gasteiger partial charge is 0.772 e. The molecule has 36 heavy (non-hydrogen) atoms. The van der Waals surface area contributed by atoms with Crippen LogP contribution in [0.5, 0.6) is 5.75 Å². The van der Waals surface area contributed by atoms with Crippen LogP contribution in [0.3, 0.4) is 0 Å². The lowest BCUT2D eigenvalue weighted by Crippen LogP contribution is -2.52. The summed E-state index contributed by atoms with van der Waals surface area (Å²) in [6.07, 6.45) is 2.12. The van der Waals surface area contributed by atoms with E-state index in [1.807, 2.05) is 71.9 Å². The van der Waals surface area contributed by atoms with Crippen LogP contribution in [0.4, 0.5) is 0 Å². The molecule has 0 radical (unpaired) electrons. The number of benzene rings is 2. The average molecular weight is 513 g/mol. The summed E-state index contributed by atoms with van der Waals surface area (Å²) in [5, 5.41) is -0.436. The molecule has 0 bridgehead atoms. The molecule has 0 amide bonds. The summed E-state index contributed by atoms with van der Waals surface area (Å²) in [6.45, 7) is 12.0. The van der Waals surface area contributed by atoms with E-state index < -0.39 is 27.5 Å². The Kier molecular flexibility index (Phi) is 9.20. The van der Waals surface area contributed by atoms with E-state index in [4.69, 9.17) is 14.1 Å². The van der Waals surface area contributed by atoms with Gasteiger partial charge in [-0.25, -0.2) is 0 Å². The lowest BCUT2D eigenvalue weighted by molar-refractivity contribution is -0.120. The van der Waals surface area contributed by atoms with Crippen LogP contribution in [0, 0.1) is 6.92 Å². The van der Waals surface area contributed by atoms with Crippen molar-refractivity contribution >= 4 is 29.2 Å². The second-order valence-corrected chi connectivity index (χ2v) is 11.7. The third-order valence-corrected chi connectivity index (χ3v) is 8.66. The summed E-state index contributed by atoms with van der Waals surface area (Å²) in [5.74, 6) is 0.470. The summed E-state index contributed by atoms with van der Waals surface area (Å²) >= 11 is -2.14. The zero-order chi connectivity index (χ0) is 26.7. The van der Waals surface area contributed by atoms with Crippen molar-refractivity contribution < 1.29 is 27.7 Å². The van der Waals surface area contributed by atoms with Gasteiger partial charge in [0, 0.05) is 23.0 Å². The SMILES string of the molecule is CCC(CCc1cc(B2CCOC(C)(C)C(C)(C)O2)c(C(=O)c2ccc(C)cc2)cc1OC)S(=O)[O-]. The molecule has 1 saturated heterocycles. The summed E-state index contributed by atoms with van der Waals surface area (Å²) in [6, 6.07) is 11.3. The zero-order valence-electron chi connectivity index (χ0n) is 22.5. The van der Waals surface area contributed by atoms with Crippen molar-refractivity contribution in [1.82, 2.24) is 0 Å². The maximum absolute atomic E-state index is 13.8. The first-order chi connectivity index (χ1) is 16.9. The maximum atomic E-state index is 13.8. The molecule has 1 fully saturated rings. The van der Waals surface area contributed by atoms with Gasteiger partial charge in [0.2, 0.25) is 0 Å². The van der Waals surface area contributed by atoms with Crippen LogP contribution >= 0.6 is 0 Å². The Morgan fingerprint density at radius 2 is 1.83 bits per heavy atom. The highest BCUT2D eigenvalue weighted by atomic mass is 32.2. The number of rotatable bonds is 9. The first kappa shape index (κ1) is 28.6. The van der Waals surface area contributed by atoms with Crippen LogP contribution in [0.1, 0.15) is 74.5 Å². The van der Waals surface area contributed by atoms with E-state index >= 15 is 0 Å². The lowest BCUT2D eigenvalue weighted by Gasteiger charge is -2.40. The van der Waals surface area contributed by atoms with Crippen molar-refractivity contribution in [3.8, 4) is 5.75 Å². The van der Waals surface area contributed by atoms with Gasteiger partial charge in [0.05, 0.1) is 18.3 Å². The first-order valence-electron chi connectivity index (χ1n) is 12.6. The Balaban J connectivity index is 2.11. The molecule has 2 aromatic carbocycles. The highest BCUT2D eigenvalue weighted by Gasteiger charge is 2.45. The molecular formula is C28H38BO6S-. The molecule has 3 rings (SSSR count). The standard InChI is InChI=1S/C28H39BO6S/c1-8-22(36(31)32)14-13-21-17-24(29-15-16-34-27(3,4)28(5,6)35-29)23(18-25(21)33-7)26(30)20-11-9-19(2)10-12-20/h9-12,17-18,22H,8,13-16H2,1-7H3,(H,31,32)/p-1. The summed E-state index contributed by atoms with van der Waals surface area (Å²) in [4.78, 5) is 13.8. The van der Waals surface area contributed by atoms with Crippen molar-refractivity contribution in [2.45, 2.75) is 83.6 Å². The van der Waals surface area contributed by atoms with E-state index in [0.717, 1.165) is 16.6 Å². The Labute approximate surface area is 218 Å². The van der Waals surface area contributed by atoms with Gasteiger partial charge in [0.1, 0.15) is 5.75 Å². The monoisotopic (exact) mass is 513 g/mol. The summed E-state index contributed by atoms with van der Waals surface area (Å²) in [7, 11) is 1.57. The number of carbonyl (C=O) groups is 1. The van der Waals surface area contributed by atoms with E-state index in [1.165, 1.54) is 0 Å². The van der Waals surface area contributed by atoms with E-state index in [9.17, 15) is 13.6 Å². The van der Waals surface area contributed by atoms with Crippen LogP contribution < -0.4 is 10.2 Å². The van der Waals surface area contributed by atoms with Crippen molar-refractivity contribution in [2.24, 2.45) is 0 Å². The normalized spacial score (nSPS) is 18.8. The van der Waals surface area contributed by atoms with Crippen LogP contribution in [-0.2, 0) is 26.9 Å². The fourth-order valence-electron chi connectivity index (χ4n) is 4.48. The Bertz CT molecular complexity index is 1100. The number of hydrogen-bond acceptors (Lipinski definition) is 6. The van der Waals surface area contributed by atoms with Crippen molar-refractivity contribution in [3.63, 3.8) is 0 Å². The van der Waals surface area contributed by atoms with E-state index in [-0.39, 0.29) is 12.7 Å². The maximum Gasteiger partial charge on any atom is 0.330 e. The van der Waals surface area contributed by atoms with Gasteiger partial charge >= 0.3 is 6.92 Å². The van der Waals surface area contributed by atoms with Gasteiger partial charge in [0.25, 0.3) is 0 Å². The molecule has 0 aromatic heterocycles. The van der Waals surface area contributed by atoms with Crippen LogP contribution in [0.2, 0.25) is 6.32 Å². The van der Waals surface area contributed by atoms with Gasteiger partial charge in [-0.2, -0.15) is 0 Å². The minimum Gasteiger partial charge on any atom is -0.772 e. The van der Waals surface area contributed by atoms with Gasteiger partial charge < -0.3 is 18.7 Å². The first-order valence-corrected chi connectivity index (χ1v) is 13.8. The second-order valence-electron chi connectivity index (χ2n) is 10.5. The van der Waals surface area contributed by atoms with Gasteiger partial charge in [-0.3, -0.25) is 9.00 Å². The highest BCUT2D eigenvalue weighted by molar-refractivity contribution is 7.79. The molecule has 0 spiro atoms. The predicted octanol–water partition coefficient (Wildman–Crippen LogP) is 4.63. The minimum atomic E-state index is -2.14. The van der Waals surface area contributed by atoms with Crippen LogP contribution in [-0.4, -0.2) is 51.6 Å². The van der Waals surface area contributed by atoms with E-state index in [1.54, 1.807) is 13.2 Å². The Morgan fingerprint density at radius 3 is 2.42 bits per heavy atom. The van der Waals surface area contributed by atoms with Crippen LogP contribution in [0.25, 0.3) is 0 Å². The van der Waals surface area contributed by atoms with Gasteiger partial charge in [-0.05, 0) is 77.3 Å². The number of hydrogen-bond donors (Lipinski definition) is 0. The molecule has 6 nitrogen and oxygen atoms in total. The number of carbonyl (C=O) groups excluding carboxylic acids is 1. The smallest absolute Gasteiger partial charge is 0.330 e. The summed E-state index contributed by atoms with van der Waals surface area (Å²) < 4.78 is 41.7. The fourth-order valence-corrected chi connectivity index (χ4v) is 5.06. The molecular weight excluding hydrogens is 475 g/mol. The zero-order valence-corrected chi connectivity index (χ0v) is 23.3. The highest BCUT2D eigenvalue weighted by Crippen LogP contribution is 2.34. The van der Waals surface area contributed by atoms with Gasteiger partial charge in [0.15, 0.2) is 5.78 Å². The molecule has 0 aliphatic carbocycles. The second kappa shape index (κ2) is 11.6. The van der Waals surface area contributed by atoms with Crippen molar-refractivity contribution in [2.75, 3.05) is 13.7 Å². The predicted molar refractivity (Wildman–Crippen MR) is 144 cm³/mol. The lowest BCUT2D eigenvalue weighted by atomic mass is 9.55. The molecule has 196 valence electrons. The number of methoxy groups -OCH3 is 1. The van der Waals surface area contributed by atoms with Crippen molar-refractivity contribution in [1.29, 1.82) is 0 Å². The fraction of sp³-hybridized carbons (Fsp3) is 0.536. The quantitative estimate of drug-likeness (QED) is 0.276. The minimum absolute atomic E-state index is 0.104. The van der Waals surface area contributed by atoms with Gasteiger partial charge in [-0.15, -0.1) is 0 Å². The summed E-state index contributed by atoms with van der Waals surface area (Å²) in [5.41, 5.74) is 2.72. The number of ketones is 1.